The molecule has 5 heteroatoms. The van der Waals surface area contributed by atoms with Crippen molar-refractivity contribution in [2.75, 3.05) is 5.75 Å². The number of Topliss-reactive ketones (excluding diaryl/α,β-unsaturated/α-hetero) is 1. The number of halogens is 1. The van der Waals surface area contributed by atoms with Crippen molar-refractivity contribution >= 4 is 23.5 Å². The molecule has 0 bridgehead atoms. The van der Waals surface area contributed by atoms with Gasteiger partial charge in [0.25, 0.3) is 0 Å². The topological polar surface area (TPSA) is 46.2 Å². The van der Waals surface area contributed by atoms with Crippen molar-refractivity contribution in [3.05, 3.63) is 30.1 Å². The van der Waals surface area contributed by atoms with Crippen molar-refractivity contribution in [2.24, 2.45) is 5.92 Å². The summed E-state index contributed by atoms with van der Waals surface area (Å²) in [4.78, 5) is 23.9. The van der Waals surface area contributed by atoms with Crippen molar-refractivity contribution in [3.8, 4) is 0 Å². The Morgan fingerprint density at radius 3 is 2.32 bits per heavy atom. The van der Waals surface area contributed by atoms with Gasteiger partial charge >= 0.3 is 0 Å². The van der Waals surface area contributed by atoms with Gasteiger partial charge < -0.3 is 5.32 Å². The van der Waals surface area contributed by atoms with Crippen LogP contribution in [0.2, 0.25) is 0 Å². The number of carbonyl (C=O) groups is 2. The molecule has 1 N–H and O–H groups in total. The summed E-state index contributed by atoms with van der Waals surface area (Å²) in [6, 6.07) is 5.51. The van der Waals surface area contributed by atoms with Crippen LogP contribution in [0.1, 0.15) is 20.8 Å². The van der Waals surface area contributed by atoms with Gasteiger partial charge in [-0.25, -0.2) is 4.39 Å². The summed E-state index contributed by atoms with van der Waals surface area (Å²) in [7, 11) is 0. The zero-order chi connectivity index (χ0) is 14.4. The first kappa shape index (κ1) is 15.7. The SMILES string of the molecule is CC(=O)C(NC(=O)CSc1ccc(F)cc1)C(C)C. The number of nitrogens with one attached hydrogen (secondary N) is 1. The Morgan fingerprint density at radius 2 is 1.84 bits per heavy atom. The minimum absolute atomic E-state index is 0.0462. The molecule has 0 saturated carbocycles. The molecule has 1 rings (SSSR count). The summed E-state index contributed by atoms with van der Waals surface area (Å²) in [6.07, 6.45) is 0. The largest absolute Gasteiger partial charge is 0.345 e. The van der Waals surface area contributed by atoms with Crippen LogP contribution in [-0.4, -0.2) is 23.5 Å². The molecule has 0 radical (unpaired) electrons. The van der Waals surface area contributed by atoms with Crippen LogP contribution in [0.25, 0.3) is 0 Å². The van der Waals surface area contributed by atoms with E-state index < -0.39 is 6.04 Å². The number of thioether (sulfide) groups is 1. The molecular formula is C14H18FNO2S. The lowest BCUT2D eigenvalue weighted by Gasteiger charge is -2.19. The minimum Gasteiger partial charge on any atom is -0.345 e. The van der Waals surface area contributed by atoms with Gasteiger partial charge in [-0.1, -0.05) is 13.8 Å². The predicted octanol–water partition coefficient (Wildman–Crippen LogP) is 2.65. The van der Waals surface area contributed by atoms with Crippen LogP contribution in [0.15, 0.2) is 29.2 Å². The van der Waals surface area contributed by atoms with E-state index in [1.54, 1.807) is 12.1 Å². The lowest BCUT2D eigenvalue weighted by Crippen LogP contribution is -2.44. The van der Waals surface area contributed by atoms with Crippen LogP contribution in [-0.2, 0) is 9.59 Å². The molecule has 0 fully saturated rings. The van der Waals surface area contributed by atoms with E-state index in [1.165, 1.54) is 30.8 Å². The van der Waals surface area contributed by atoms with Gasteiger partial charge in [-0.05, 0) is 37.1 Å². The fourth-order valence-corrected chi connectivity index (χ4v) is 2.34. The molecule has 0 aliphatic rings. The van der Waals surface area contributed by atoms with Gasteiger partial charge in [-0.15, -0.1) is 11.8 Å². The van der Waals surface area contributed by atoms with Gasteiger partial charge in [0.05, 0.1) is 11.8 Å². The first-order valence-electron chi connectivity index (χ1n) is 6.08. The van der Waals surface area contributed by atoms with Crippen LogP contribution in [0.3, 0.4) is 0 Å². The average Bonchev–Trinajstić information content (AvgIpc) is 2.34. The standard InChI is InChI=1S/C14H18FNO2S/c1-9(2)14(10(3)17)16-13(18)8-19-12-6-4-11(15)5-7-12/h4-7,9,14H,8H2,1-3H3,(H,16,18). The molecule has 1 unspecified atom stereocenters. The summed E-state index contributed by atoms with van der Waals surface area (Å²) in [5.74, 6) is -0.261. The molecule has 1 atom stereocenters. The average molecular weight is 283 g/mol. The monoisotopic (exact) mass is 283 g/mol. The third kappa shape index (κ3) is 5.42. The number of benzene rings is 1. The highest BCUT2D eigenvalue weighted by Gasteiger charge is 2.20. The van der Waals surface area contributed by atoms with Gasteiger partial charge in [0.2, 0.25) is 5.91 Å². The second kappa shape index (κ2) is 7.28. The lowest BCUT2D eigenvalue weighted by atomic mass is 10.0. The van der Waals surface area contributed by atoms with Crippen LogP contribution in [0.4, 0.5) is 4.39 Å². The van der Waals surface area contributed by atoms with Crippen LogP contribution in [0, 0.1) is 11.7 Å². The van der Waals surface area contributed by atoms with E-state index in [9.17, 15) is 14.0 Å². The predicted molar refractivity (Wildman–Crippen MR) is 74.6 cm³/mol. The maximum atomic E-state index is 12.7. The number of ketones is 1. The second-order valence-electron chi connectivity index (χ2n) is 4.64. The number of carbonyl (C=O) groups excluding carboxylic acids is 2. The summed E-state index contributed by atoms with van der Waals surface area (Å²) in [6.45, 7) is 5.25. The quantitative estimate of drug-likeness (QED) is 0.816. The van der Waals surface area contributed by atoms with E-state index in [0.717, 1.165) is 4.90 Å². The number of hydrogen-bond acceptors (Lipinski definition) is 3. The molecule has 0 spiro atoms. The second-order valence-corrected chi connectivity index (χ2v) is 5.69. The lowest BCUT2D eigenvalue weighted by molar-refractivity contribution is -0.126. The highest BCUT2D eigenvalue weighted by Crippen LogP contribution is 2.17. The van der Waals surface area contributed by atoms with Gasteiger partial charge in [-0.3, -0.25) is 9.59 Å². The van der Waals surface area contributed by atoms with Gasteiger partial charge in [0.1, 0.15) is 5.82 Å². The molecule has 0 aliphatic carbocycles. The normalized spacial score (nSPS) is 12.3. The van der Waals surface area contributed by atoms with Gasteiger partial charge in [0, 0.05) is 4.90 Å². The zero-order valence-corrected chi connectivity index (χ0v) is 12.1. The van der Waals surface area contributed by atoms with Crippen LogP contribution >= 0.6 is 11.8 Å². The first-order chi connectivity index (χ1) is 8.90. The first-order valence-corrected chi connectivity index (χ1v) is 7.07. The molecular weight excluding hydrogens is 265 g/mol. The number of hydrogen-bond donors (Lipinski definition) is 1. The third-order valence-electron chi connectivity index (χ3n) is 2.60. The van der Waals surface area contributed by atoms with E-state index >= 15 is 0 Å². The summed E-state index contributed by atoms with van der Waals surface area (Å²) in [5, 5.41) is 2.71. The fraction of sp³-hybridized carbons (Fsp3) is 0.429. The summed E-state index contributed by atoms with van der Waals surface area (Å²) < 4.78 is 12.7. The maximum Gasteiger partial charge on any atom is 0.230 e. The molecule has 1 aromatic rings. The fourth-order valence-electron chi connectivity index (χ4n) is 1.63. The van der Waals surface area contributed by atoms with Crippen molar-refractivity contribution in [2.45, 2.75) is 31.7 Å². The van der Waals surface area contributed by atoms with Crippen LogP contribution < -0.4 is 5.32 Å². The van der Waals surface area contributed by atoms with Gasteiger partial charge in [0.15, 0.2) is 5.78 Å². The van der Waals surface area contributed by atoms with E-state index in [4.69, 9.17) is 0 Å². The maximum absolute atomic E-state index is 12.7. The number of rotatable bonds is 6. The number of amides is 1. The van der Waals surface area contributed by atoms with Gasteiger partial charge in [-0.2, -0.15) is 0 Å². The van der Waals surface area contributed by atoms with Crippen molar-refractivity contribution < 1.29 is 14.0 Å². The molecule has 104 valence electrons. The minimum atomic E-state index is -0.443. The Bertz CT molecular complexity index is 445. The Kier molecular flexibility index (Phi) is 6.02. The Labute approximate surface area is 117 Å². The molecule has 0 aliphatic heterocycles. The summed E-state index contributed by atoms with van der Waals surface area (Å²) >= 11 is 1.31. The third-order valence-corrected chi connectivity index (χ3v) is 3.62. The smallest absolute Gasteiger partial charge is 0.230 e. The van der Waals surface area contributed by atoms with Crippen LogP contribution in [0.5, 0.6) is 0 Å². The highest BCUT2D eigenvalue weighted by atomic mass is 32.2. The highest BCUT2D eigenvalue weighted by molar-refractivity contribution is 8.00. The zero-order valence-electron chi connectivity index (χ0n) is 11.3. The molecule has 0 saturated heterocycles. The van der Waals surface area contributed by atoms with E-state index in [1.807, 2.05) is 13.8 Å². The molecule has 0 heterocycles. The van der Waals surface area contributed by atoms with Crippen molar-refractivity contribution in [3.63, 3.8) is 0 Å². The Balaban J connectivity index is 2.47. The van der Waals surface area contributed by atoms with E-state index in [2.05, 4.69) is 5.32 Å². The van der Waals surface area contributed by atoms with Crippen molar-refractivity contribution in [1.29, 1.82) is 0 Å². The molecule has 1 aromatic carbocycles. The Morgan fingerprint density at radius 1 is 1.26 bits per heavy atom. The Hall–Kier alpha value is -1.36. The van der Waals surface area contributed by atoms with E-state index in [0.29, 0.717) is 0 Å². The molecule has 3 nitrogen and oxygen atoms in total. The molecule has 1 amide bonds. The summed E-state index contributed by atoms with van der Waals surface area (Å²) in [5.41, 5.74) is 0. The van der Waals surface area contributed by atoms with E-state index in [-0.39, 0.29) is 29.2 Å². The van der Waals surface area contributed by atoms with Crippen molar-refractivity contribution in [1.82, 2.24) is 5.32 Å². The molecule has 19 heavy (non-hydrogen) atoms. The molecule has 0 aromatic heterocycles.